The SMILES string of the molecule is O=C1CO[C@]2(COCCN(Cc3cccnc3)C2)CN1c1ccccc1. The Labute approximate surface area is 153 Å². The van der Waals surface area contributed by atoms with Gasteiger partial charge in [-0.3, -0.25) is 14.7 Å². The number of hydrogen-bond acceptors (Lipinski definition) is 5. The van der Waals surface area contributed by atoms with Crippen molar-refractivity contribution in [1.82, 2.24) is 9.88 Å². The highest BCUT2D eigenvalue weighted by molar-refractivity contribution is 5.95. The third kappa shape index (κ3) is 3.77. The van der Waals surface area contributed by atoms with Crippen LogP contribution in [0.25, 0.3) is 0 Å². The van der Waals surface area contributed by atoms with Gasteiger partial charge in [-0.15, -0.1) is 0 Å². The van der Waals surface area contributed by atoms with Crippen LogP contribution >= 0.6 is 0 Å². The molecule has 136 valence electrons. The van der Waals surface area contributed by atoms with E-state index in [0.717, 1.165) is 30.9 Å². The highest BCUT2D eigenvalue weighted by Crippen LogP contribution is 2.27. The Kier molecular flexibility index (Phi) is 4.97. The summed E-state index contributed by atoms with van der Waals surface area (Å²) in [5.74, 6) is -0.00937. The number of aromatic nitrogens is 1. The lowest BCUT2D eigenvalue weighted by Crippen LogP contribution is -2.60. The molecule has 0 aliphatic carbocycles. The molecular formula is C20H23N3O3. The summed E-state index contributed by atoms with van der Waals surface area (Å²) in [6.07, 6.45) is 3.67. The van der Waals surface area contributed by atoms with Gasteiger partial charge < -0.3 is 14.4 Å². The molecule has 2 saturated heterocycles. The highest BCUT2D eigenvalue weighted by atomic mass is 16.6. The number of carbonyl (C=O) groups excluding carboxylic acids is 1. The van der Waals surface area contributed by atoms with Crippen LogP contribution in [-0.4, -0.2) is 60.8 Å². The van der Waals surface area contributed by atoms with Gasteiger partial charge in [-0.25, -0.2) is 0 Å². The van der Waals surface area contributed by atoms with E-state index in [2.05, 4.69) is 16.0 Å². The van der Waals surface area contributed by atoms with E-state index in [9.17, 15) is 4.79 Å². The summed E-state index contributed by atoms with van der Waals surface area (Å²) in [5.41, 5.74) is 1.56. The lowest BCUT2D eigenvalue weighted by molar-refractivity contribution is -0.146. The number of anilines is 1. The number of para-hydroxylation sites is 1. The van der Waals surface area contributed by atoms with Gasteiger partial charge >= 0.3 is 0 Å². The molecule has 0 saturated carbocycles. The van der Waals surface area contributed by atoms with E-state index < -0.39 is 5.60 Å². The molecule has 1 spiro atoms. The molecule has 0 unspecified atom stereocenters. The Morgan fingerprint density at radius 1 is 1.12 bits per heavy atom. The van der Waals surface area contributed by atoms with Crippen molar-refractivity contribution in [1.29, 1.82) is 0 Å². The van der Waals surface area contributed by atoms with Crippen molar-refractivity contribution in [2.24, 2.45) is 0 Å². The molecule has 1 aromatic carbocycles. The Hall–Kier alpha value is -2.28. The molecule has 1 aromatic heterocycles. The third-order valence-electron chi connectivity index (χ3n) is 4.87. The first-order valence-electron chi connectivity index (χ1n) is 8.93. The molecule has 2 aliphatic heterocycles. The van der Waals surface area contributed by atoms with Gasteiger partial charge in [0.2, 0.25) is 0 Å². The molecule has 6 heteroatoms. The zero-order chi connectivity index (χ0) is 17.8. The van der Waals surface area contributed by atoms with Gasteiger partial charge in [-0.1, -0.05) is 24.3 Å². The maximum absolute atomic E-state index is 12.4. The van der Waals surface area contributed by atoms with Crippen LogP contribution in [0.3, 0.4) is 0 Å². The minimum absolute atomic E-state index is 0.00937. The normalized spacial score (nSPS) is 24.6. The monoisotopic (exact) mass is 353 g/mol. The smallest absolute Gasteiger partial charge is 0.253 e. The molecule has 3 heterocycles. The van der Waals surface area contributed by atoms with Crippen molar-refractivity contribution >= 4 is 11.6 Å². The maximum Gasteiger partial charge on any atom is 0.253 e. The minimum atomic E-state index is -0.511. The summed E-state index contributed by atoms with van der Waals surface area (Å²) < 4.78 is 11.9. The van der Waals surface area contributed by atoms with Crippen LogP contribution in [0.15, 0.2) is 54.9 Å². The van der Waals surface area contributed by atoms with Crippen molar-refractivity contribution in [2.45, 2.75) is 12.1 Å². The number of hydrogen-bond donors (Lipinski definition) is 0. The Bertz CT molecular complexity index is 740. The molecule has 0 N–H and O–H groups in total. The van der Waals surface area contributed by atoms with Crippen LogP contribution in [0.4, 0.5) is 5.69 Å². The fourth-order valence-electron chi connectivity index (χ4n) is 3.61. The summed E-state index contributed by atoms with van der Waals surface area (Å²) in [4.78, 5) is 20.8. The summed E-state index contributed by atoms with van der Waals surface area (Å²) in [7, 11) is 0. The second-order valence-electron chi connectivity index (χ2n) is 6.91. The van der Waals surface area contributed by atoms with Gasteiger partial charge in [0.15, 0.2) is 0 Å². The van der Waals surface area contributed by atoms with E-state index in [0.29, 0.717) is 19.8 Å². The van der Waals surface area contributed by atoms with Crippen LogP contribution in [0.5, 0.6) is 0 Å². The number of amides is 1. The molecule has 2 fully saturated rings. The Morgan fingerprint density at radius 3 is 2.81 bits per heavy atom. The van der Waals surface area contributed by atoms with Gasteiger partial charge in [0.1, 0.15) is 12.2 Å². The lowest BCUT2D eigenvalue weighted by atomic mass is 10.0. The average molecular weight is 353 g/mol. The summed E-state index contributed by atoms with van der Waals surface area (Å²) in [6.45, 7) is 4.08. The largest absolute Gasteiger partial charge is 0.377 e. The van der Waals surface area contributed by atoms with Gasteiger partial charge in [0.05, 0.1) is 19.8 Å². The molecule has 1 amide bonds. The number of carbonyl (C=O) groups is 1. The first-order chi connectivity index (χ1) is 12.7. The van der Waals surface area contributed by atoms with Crippen LogP contribution in [0.1, 0.15) is 5.56 Å². The minimum Gasteiger partial charge on any atom is -0.377 e. The van der Waals surface area contributed by atoms with E-state index in [4.69, 9.17) is 9.47 Å². The number of rotatable bonds is 3. The maximum atomic E-state index is 12.4. The van der Waals surface area contributed by atoms with Crippen LogP contribution < -0.4 is 4.90 Å². The van der Waals surface area contributed by atoms with Crippen LogP contribution in [0.2, 0.25) is 0 Å². The first kappa shape index (κ1) is 17.1. The van der Waals surface area contributed by atoms with Crippen molar-refractivity contribution in [3.05, 3.63) is 60.4 Å². The van der Waals surface area contributed by atoms with E-state index in [1.807, 2.05) is 47.5 Å². The fraction of sp³-hybridized carbons (Fsp3) is 0.400. The van der Waals surface area contributed by atoms with Gasteiger partial charge in [0, 0.05) is 37.7 Å². The summed E-state index contributed by atoms with van der Waals surface area (Å²) >= 11 is 0. The number of morpholine rings is 1. The van der Waals surface area contributed by atoms with E-state index in [-0.39, 0.29) is 12.5 Å². The fourth-order valence-corrected chi connectivity index (χ4v) is 3.61. The Balaban J connectivity index is 1.53. The Morgan fingerprint density at radius 2 is 2.00 bits per heavy atom. The quantitative estimate of drug-likeness (QED) is 0.841. The molecule has 26 heavy (non-hydrogen) atoms. The zero-order valence-corrected chi connectivity index (χ0v) is 14.7. The number of nitrogens with zero attached hydrogens (tertiary/aromatic N) is 3. The van der Waals surface area contributed by atoms with Gasteiger partial charge in [-0.2, -0.15) is 0 Å². The average Bonchev–Trinajstić information content (AvgIpc) is 2.88. The molecule has 1 atom stereocenters. The predicted molar refractivity (Wildman–Crippen MR) is 97.8 cm³/mol. The van der Waals surface area contributed by atoms with Gasteiger partial charge in [0.25, 0.3) is 5.91 Å². The second-order valence-corrected chi connectivity index (χ2v) is 6.91. The molecular weight excluding hydrogens is 330 g/mol. The number of pyridine rings is 1. The zero-order valence-electron chi connectivity index (χ0n) is 14.7. The molecule has 4 rings (SSSR count). The van der Waals surface area contributed by atoms with E-state index in [1.54, 1.807) is 6.20 Å². The van der Waals surface area contributed by atoms with Crippen LogP contribution in [0, 0.1) is 0 Å². The van der Waals surface area contributed by atoms with E-state index in [1.165, 1.54) is 0 Å². The third-order valence-corrected chi connectivity index (χ3v) is 4.87. The van der Waals surface area contributed by atoms with Crippen molar-refractivity contribution < 1.29 is 14.3 Å². The topological polar surface area (TPSA) is 54.9 Å². The predicted octanol–water partition coefficient (Wildman–Crippen LogP) is 1.72. The molecule has 2 aromatic rings. The number of ether oxygens (including phenoxy) is 2. The molecule has 6 nitrogen and oxygen atoms in total. The van der Waals surface area contributed by atoms with Crippen molar-refractivity contribution in [2.75, 3.05) is 44.4 Å². The van der Waals surface area contributed by atoms with Crippen molar-refractivity contribution in [3.63, 3.8) is 0 Å². The molecule has 2 aliphatic rings. The highest BCUT2D eigenvalue weighted by Gasteiger charge is 2.43. The van der Waals surface area contributed by atoms with E-state index >= 15 is 0 Å². The lowest BCUT2D eigenvalue weighted by Gasteiger charge is -2.43. The standard InChI is InChI=1S/C20H23N3O3/c24-19-13-26-20(15-23(19)18-6-2-1-3-7-18)14-22(9-10-25-16-20)12-17-5-4-8-21-11-17/h1-8,11H,9-10,12-16H2/t20-/m0/s1. The summed E-state index contributed by atoms with van der Waals surface area (Å²) in [6, 6.07) is 13.8. The van der Waals surface area contributed by atoms with Crippen LogP contribution in [-0.2, 0) is 20.8 Å². The molecule has 0 radical (unpaired) electrons. The van der Waals surface area contributed by atoms with Gasteiger partial charge in [-0.05, 0) is 23.8 Å². The number of benzene rings is 1. The second kappa shape index (κ2) is 7.53. The summed E-state index contributed by atoms with van der Waals surface area (Å²) in [5, 5.41) is 0. The van der Waals surface area contributed by atoms with Crippen molar-refractivity contribution in [3.8, 4) is 0 Å². The first-order valence-corrected chi connectivity index (χ1v) is 8.93. The molecule has 0 bridgehead atoms.